The lowest BCUT2D eigenvalue weighted by atomic mass is 9.95. The monoisotopic (exact) mass is 207 g/mol. The summed E-state index contributed by atoms with van der Waals surface area (Å²) >= 11 is 0. The molecule has 1 aliphatic rings. The summed E-state index contributed by atoms with van der Waals surface area (Å²) in [5, 5.41) is 8.05. The Hall–Kier alpha value is -0.830. The third kappa shape index (κ3) is 2.81. The van der Waals surface area contributed by atoms with Crippen molar-refractivity contribution < 1.29 is 0 Å². The molecule has 1 saturated heterocycles. The van der Waals surface area contributed by atoms with E-state index in [-0.39, 0.29) is 0 Å². The quantitative estimate of drug-likeness (QED) is 0.821. The highest BCUT2D eigenvalue weighted by Crippen LogP contribution is 2.23. The Morgan fingerprint density at radius 1 is 1.47 bits per heavy atom. The molecular formula is C12H21N3. The van der Waals surface area contributed by atoms with E-state index in [1.54, 1.807) is 0 Å². The number of hydrogen-bond donors (Lipinski definition) is 1. The van der Waals surface area contributed by atoms with Crippen LogP contribution >= 0.6 is 0 Å². The largest absolute Gasteiger partial charge is 0.317 e. The van der Waals surface area contributed by atoms with E-state index in [0.717, 1.165) is 19.6 Å². The van der Waals surface area contributed by atoms with Crippen LogP contribution in [0.15, 0.2) is 12.3 Å². The summed E-state index contributed by atoms with van der Waals surface area (Å²) in [5.74, 6) is 1.35. The van der Waals surface area contributed by atoms with E-state index in [1.165, 1.54) is 18.5 Å². The van der Waals surface area contributed by atoms with E-state index < -0.39 is 0 Å². The Kier molecular flexibility index (Phi) is 3.41. The van der Waals surface area contributed by atoms with E-state index in [9.17, 15) is 0 Å². The second-order valence-corrected chi connectivity index (χ2v) is 4.88. The fourth-order valence-electron chi connectivity index (χ4n) is 2.19. The minimum Gasteiger partial charge on any atom is -0.317 e. The van der Waals surface area contributed by atoms with Gasteiger partial charge in [-0.2, -0.15) is 5.10 Å². The van der Waals surface area contributed by atoms with Crippen LogP contribution in [-0.2, 0) is 6.54 Å². The van der Waals surface area contributed by atoms with Gasteiger partial charge in [0, 0.05) is 18.7 Å². The fraction of sp³-hybridized carbons (Fsp3) is 0.750. The normalized spacial score (nSPS) is 18.6. The minimum atomic E-state index is 0.672. The van der Waals surface area contributed by atoms with Crippen molar-refractivity contribution in [1.29, 1.82) is 0 Å². The smallest absolute Gasteiger partial charge is 0.0656 e. The third-order valence-electron chi connectivity index (χ3n) is 2.97. The molecule has 0 radical (unpaired) electrons. The third-order valence-corrected chi connectivity index (χ3v) is 2.97. The average molecular weight is 207 g/mol. The zero-order chi connectivity index (χ0) is 10.7. The highest BCUT2D eigenvalue weighted by molar-refractivity contribution is 5.07. The van der Waals surface area contributed by atoms with Gasteiger partial charge in [0.05, 0.1) is 5.69 Å². The van der Waals surface area contributed by atoms with Gasteiger partial charge in [-0.25, -0.2) is 0 Å². The molecule has 1 N–H and O–H groups in total. The first-order chi connectivity index (χ1) is 7.25. The van der Waals surface area contributed by atoms with Gasteiger partial charge in [-0.1, -0.05) is 13.8 Å². The van der Waals surface area contributed by atoms with E-state index in [0.29, 0.717) is 11.8 Å². The highest BCUT2D eigenvalue weighted by atomic mass is 15.3. The molecule has 0 unspecified atom stereocenters. The van der Waals surface area contributed by atoms with Crippen LogP contribution in [0, 0.1) is 5.92 Å². The molecule has 2 rings (SSSR count). The standard InChI is InChI=1S/C12H21N3/c1-10(2)9-15-8-5-12(14-15)11-3-6-13-7-4-11/h5,8,10-11,13H,3-4,6-7,9H2,1-2H3. The molecule has 0 saturated carbocycles. The first kappa shape index (κ1) is 10.7. The molecule has 0 amide bonds. The van der Waals surface area contributed by atoms with Gasteiger partial charge in [0.15, 0.2) is 0 Å². The Labute approximate surface area is 91.9 Å². The summed E-state index contributed by atoms with van der Waals surface area (Å²) < 4.78 is 2.09. The van der Waals surface area contributed by atoms with E-state index in [1.807, 2.05) is 0 Å². The number of aromatic nitrogens is 2. The molecule has 1 aliphatic heterocycles. The van der Waals surface area contributed by atoms with Crippen LogP contribution in [0.3, 0.4) is 0 Å². The molecule has 1 fully saturated rings. The Bertz CT molecular complexity index is 298. The molecule has 84 valence electrons. The Balaban J connectivity index is 1.99. The number of nitrogens with zero attached hydrogens (tertiary/aromatic N) is 2. The molecule has 2 heterocycles. The molecule has 1 aromatic heterocycles. The van der Waals surface area contributed by atoms with Crippen LogP contribution in [0.1, 0.15) is 38.3 Å². The molecule has 3 nitrogen and oxygen atoms in total. The summed E-state index contributed by atoms with van der Waals surface area (Å²) in [5.41, 5.74) is 1.29. The SMILES string of the molecule is CC(C)Cn1ccc(C2CCNCC2)n1. The van der Waals surface area contributed by atoms with Gasteiger partial charge in [-0.15, -0.1) is 0 Å². The summed E-state index contributed by atoms with van der Waals surface area (Å²) in [7, 11) is 0. The Morgan fingerprint density at radius 2 is 2.20 bits per heavy atom. The molecule has 0 atom stereocenters. The highest BCUT2D eigenvalue weighted by Gasteiger charge is 2.17. The van der Waals surface area contributed by atoms with Crippen molar-refractivity contribution in [2.45, 2.75) is 39.2 Å². The van der Waals surface area contributed by atoms with Gasteiger partial charge >= 0.3 is 0 Å². The maximum Gasteiger partial charge on any atom is 0.0656 e. The van der Waals surface area contributed by atoms with Crippen molar-refractivity contribution in [3.63, 3.8) is 0 Å². The number of nitrogens with one attached hydrogen (secondary N) is 1. The van der Waals surface area contributed by atoms with Crippen LogP contribution in [0.25, 0.3) is 0 Å². The van der Waals surface area contributed by atoms with Crippen LogP contribution < -0.4 is 5.32 Å². The maximum atomic E-state index is 4.66. The topological polar surface area (TPSA) is 29.9 Å². The van der Waals surface area contributed by atoms with E-state index in [2.05, 4.69) is 41.2 Å². The molecule has 0 spiro atoms. The van der Waals surface area contributed by atoms with Gasteiger partial charge in [-0.3, -0.25) is 4.68 Å². The lowest BCUT2D eigenvalue weighted by Crippen LogP contribution is -2.26. The second-order valence-electron chi connectivity index (χ2n) is 4.88. The van der Waals surface area contributed by atoms with E-state index in [4.69, 9.17) is 0 Å². The van der Waals surface area contributed by atoms with Crippen LogP contribution in [-0.4, -0.2) is 22.9 Å². The summed E-state index contributed by atoms with van der Waals surface area (Å²) in [6, 6.07) is 2.19. The van der Waals surface area contributed by atoms with Crippen LogP contribution in [0.2, 0.25) is 0 Å². The predicted molar refractivity (Wildman–Crippen MR) is 61.9 cm³/mol. The van der Waals surface area contributed by atoms with Crippen molar-refractivity contribution >= 4 is 0 Å². The molecule has 0 aliphatic carbocycles. The van der Waals surface area contributed by atoms with Gasteiger partial charge < -0.3 is 5.32 Å². The molecular weight excluding hydrogens is 186 g/mol. The summed E-state index contributed by atoms with van der Waals surface area (Å²) in [6.45, 7) is 7.77. The number of piperidine rings is 1. The van der Waals surface area contributed by atoms with Crippen molar-refractivity contribution in [3.8, 4) is 0 Å². The summed E-state index contributed by atoms with van der Waals surface area (Å²) in [4.78, 5) is 0. The van der Waals surface area contributed by atoms with Crippen molar-refractivity contribution in [3.05, 3.63) is 18.0 Å². The maximum absolute atomic E-state index is 4.66. The number of rotatable bonds is 3. The van der Waals surface area contributed by atoms with Crippen molar-refractivity contribution in [2.75, 3.05) is 13.1 Å². The summed E-state index contributed by atoms with van der Waals surface area (Å²) in [6.07, 6.45) is 4.59. The molecule has 0 bridgehead atoms. The lowest BCUT2D eigenvalue weighted by molar-refractivity contribution is 0.436. The average Bonchev–Trinajstić information content (AvgIpc) is 2.67. The van der Waals surface area contributed by atoms with Gasteiger partial charge in [0.1, 0.15) is 0 Å². The first-order valence-corrected chi connectivity index (χ1v) is 6.00. The second kappa shape index (κ2) is 4.79. The fourth-order valence-corrected chi connectivity index (χ4v) is 2.19. The van der Waals surface area contributed by atoms with Gasteiger partial charge in [0.2, 0.25) is 0 Å². The van der Waals surface area contributed by atoms with Crippen molar-refractivity contribution in [1.82, 2.24) is 15.1 Å². The van der Waals surface area contributed by atoms with E-state index >= 15 is 0 Å². The first-order valence-electron chi connectivity index (χ1n) is 6.00. The van der Waals surface area contributed by atoms with Crippen LogP contribution in [0.4, 0.5) is 0 Å². The Morgan fingerprint density at radius 3 is 2.87 bits per heavy atom. The van der Waals surface area contributed by atoms with Gasteiger partial charge in [-0.05, 0) is 37.9 Å². The van der Waals surface area contributed by atoms with Crippen molar-refractivity contribution in [2.24, 2.45) is 5.92 Å². The van der Waals surface area contributed by atoms with Crippen LogP contribution in [0.5, 0.6) is 0 Å². The number of hydrogen-bond acceptors (Lipinski definition) is 2. The zero-order valence-electron chi connectivity index (χ0n) is 9.74. The zero-order valence-corrected chi connectivity index (χ0v) is 9.74. The molecule has 3 heteroatoms. The predicted octanol–water partition coefficient (Wildman–Crippen LogP) is 2.01. The molecule has 15 heavy (non-hydrogen) atoms. The molecule has 1 aromatic rings. The molecule has 0 aromatic carbocycles. The minimum absolute atomic E-state index is 0.672. The lowest BCUT2D eigenvalue weighted by Gasteiger charge is -2.20. The van der Waals surface area contributed by atoms with Gasteiger partial charge in [0.25, 0.3) is 0 Å².